The van der Waals surface area contributed by atoms with E-state index in [0.717, 1.165) is 32.2 Å². The lowest BCUT2D eigenvalue weighted by Gasteiger charge is -2.35. The minimum Gasteiger partial charge on any atom is -0.339 e. The maximum absolute atomic E-state index is 12.7. The van der Waals surface area contributed by atoms with Gasteiger partial charge in [0, 0.05) is 32.1 Å². The van der Waals surface area contributed by atoms with Crippen molar-refractivity contribution in [3.63, 3.8) is 0 Å². The summed E-state index contributed by atoms with van der Waals surface area (Å²) < 4.78 is 0. The Bertz CT molecular complexity index is 409. The van der Waals surface area contributed by atoms with Crippen LogP contribution in [0.5, 0.6) is 0 Å². The van der Waals surface area contributed by atoms with Gasteiger partial charge in [-0.1, -0.05) is 20.8 Å². The van der Waals surface area contributed by atoms with Crippen molar-refractivity contribution < 1.29 is 9.59 Å². The Hall–Kier alpha value is -0.810. The van der Waals surface area contributed by atoms with Gasteiger partial charge in [0.05, 0.1) is 0 Å². The highest BCUT2D eigenvalue weighted by Gasteiger charge is 2.38. The monoisotopic (exact) mass is 331 g/mol. The average Bonchev–Trinajstić information content (AvgIpc) is 2.85. The Balaban J connectivity index is 0.00000242. The zero-order valence-corrected chi connectivity index (χ0v) is 14.8. The van der Waals surface area contributed by atoms with Crippen molar-refractivity contribution in [2.75, 3.05) is 19.6 Å². The molecule has 5 nitrogen and oxygen atoms in total. The first-order valence-corrected chi connectivity index (χ1v) is 8.12. The summed E-state index contributed by atoms with van der Waals surface area (Å²) in [5.74, 6) is 0.213. The number of rotatable bonds is 2. The molecule has 2 atom stereocenters. The number of likely N-dealkylation sites (tertiary alicyclic amines) is 2. The van der Waals surface area contributed by atoms with Gasteiger partial charge in [0.15, 0.2) is 0 Å². The summed E-state index contributed by atoms with van der Waals surface area (Å²) in [6.45, 7) is 8.30. The van der Waals surface area contributed by atoms with Crippen molar-refractivity contribution in [3.8, 4) is 0 Å². The van der Waals surface area contributed by atoms with Gasteiger partial charge >= 0.3 is 0 Å². The van der Waals surface area contributed by atoms with E-state index in [1.165, 1.54) is 0 Å². The molecule has 6 heteroatoms. The van der Waals surface area contributed by atoms with Crippen molar-refractivity contribution in [2.24, 2.45) is 11.1 Å². The van der Waals surface area contributed by atoms with Gasteiger partial charge in [0.25, 0.3) is 0 Å². The highest BCUT2D eigenvalue weighted by molar-refractivity contribution is 5.88. The fourth-order valence-corrected chi connectivity index (χ4v) is 3.30. The van der Waals surface area contributed by atoms with Crippen LogP contribution >= 0.6 is 12.4 Å². The van der Waals surface area contributed by atoms with Crippen LogP contribution in [0.1, 0.15) is 52.9 Å². The predicted octanol–water partition coefficient (Wildman–Crippen LogP) is 1.79. The van der Waals surface area contributed by atoms with Crippen LogP contribution in [-0.4, -0.2) is 53.3 Å². The van der Waals surface area contributed by atoms with E-state index in [9.17, 15) is 9.59 Å². The standard InChI is InChI=1S/C16H29N3O2.ClH/c1-16(2,3)10-14(20)19-9-5-7-13(19)15(21)18-8-4-6-12(17)11-18;/h12-13H,4-11,17H2,1-3H3;1H. The highest BCUT2D eigenvalue weighted by atomic mass is 35.5. The van der Waals surface area contributed by atoms with Crippen molar-refractivity contribution in [1.29, 1.82) is 0 Å². The number of carbonyl (C=O) groups is 2. The van der Waals surface area contributed by atoms with Gasteiger partial charge in [-0.05, 0) is 31.1 Å². The Morgan fingerprint density at radius 2 is 1.77 bits per heavy atom. The first-order valence-electron chi connectivity index (χ1n) is 8.12. The SMILES string of the molecule is CC(C)(C)CC(=O)N1CCCC1C(=O)N1CCCC(N)C1.Cl. The number of hydrogen-bond donors (Lipinski definition) is 1. The molecule has 2 rings (SSSR count). The lowest BCUT2D eigenvalue weighted by molar-refractivity contribution is -0.145. The summed E-state index contributed by atoms with van der Waals surface area (Å²) in [5, 5.41) is 0. The second-order valence-electron chi connectivity index (χ2n) is 7.67. The number of nitrogens with zero attached hydrogens (tertiary/aromatic N) is 2. The molecule has 2 amide bonds. The number of piperidine rings is 1. The summed E-state index contributed by atoms with van der Waals surface area (Å²) in [4.78, 5) is 28.8. The van der Waals surface area contributed by atoms with Gasteiger partial charge in [-0.3, -0.25) is 9.59 Å². The zero-order chi connectivity index (χ0) is 15.6. The Morgan fingerprint density at radius 3 is 2.36 bits per heavy atom. The van der Waals surface area contributed by atoms with E-state index >= 15 is 0 Å². The highest BCUT2D eigenvalue weighted by Crippen LogP contribution is 2.26. The first kappa shape index (κ1) is 19.2. The summed E-state index contributed by atoms with van der Waals surface area (Å²) in [6, 6.07) is -0.173. The molecule has 22 heavy (non-hydrogen) atoms. The van der Waals surface area contributed by atoms with Crippen LogP contribution in [0.3, 0.4) is 0 Å². The quantitative estimate of drug-likeness (QED) is 0.838. The lowest BCUT2D eigenvalue weighted by atomic mass is 9.91. The zero-order valence-electron chi connectivity index (χ0n) is 14.0. The fourth-order valence-electron chi connectivity index (χ4n) is 3.30. The van der Waals surface area contributed by atoms with E-state index in [0.29, 0.717) is 19.5 Å². The molecule has 0 aromatic heterocycles. The van der Waals surface area contributed by atoms with Gasteiger partial charge < -0.3 is 15.5 Å². The maximum Gasteiger partial charge on any atom is 0.245 e. The normalized spacial score (nSPS) is 25.8. The van der Waals surface area contributed by atoms with E-state index in [2.05, 4.69) is 20.8 Å². The molecule has 128 valence electrons. The molecule has 0 bridgehead atoms. The van der Waals surface area contributed by atoms with Gasteiger partial charge in [-0.2, -0.15) is 0 Å². The second-order valence-corrected chi connectivity index (χ2v) is 7.67. The largest absolute Gasteiger partial charge is 0.339 e. The third-order valence-corrected chi connectivity index (χ3v) is 4.31. The smallest absolute Gasteiger partial charge is 0.245 e. The Labute approximate surface area is 140 Å². The van der Waals surface area contributed by atoms with Gasteiger partial charge in [0.2, 0.25) is 11.8 Å². The van der Waals surface area contributed by atoms with E-state index in [1.54, 1.807) is 4.90 Å². The van der Waals surface area contributed by atoms with E-state index in [1.807, 2.05) is 4.90 Å². The molecule has 2 N–H and O–H groups in total. The van der Waals surface area contributed by atoms with Crippen LogP contribution in [0.2, 0.25) is 0 Å². The number of hydrogen-bond acceptors (Lipinski definition) is 3. The lowest BCUT2D eigenvalue weighted by Crippen LogP contribution is -2.53. The summed E-state index contributed by atoms with van der Waals surface area (Å²) in [6.07, 6.45) is 4.17. The molecule has 2 fully saturated rings. The minimum absolute atomic E-state index is 0. The molecule has 2 unspecified atom stereocenters. The fraction of sp³-hybridized carbons (Fsp3) is 0.875. The molecule has 0 spiro atoms. The van der Waals surface area contributed by atoms with Crippen LogP contribution in [-0.2, 0) is 9.59 Å². The molecule has 0 aliphatic carbocycles. The number of amides is 2. The topological polar surface area (TPSA) is 66.6 Å². The van der Waals surface area contributed by atoms with Crippen molar-refractivity contribution in [3.05, 3.63) is 0 Å². The van der Waals surface area contributed by atoms with Gasteiger partial charge in [-0.25, -0.2) is 0 Å². The summed E-state index contributed by atoms with van der Waals surface area (Å²) in [7, 11) is 0. The summed E-state index contributed by atoms with van der Waals surface area (Å²) in [5.41, 5.74) is 5.92. The number of carbonyl (C=O) groups excluding carboxylic acids is 2. The van der Waals surface area contributed by atoms with E-state index < -0.39 is 0 Å². The molecule has 2 saturated heterocycles. The Kier molecular flexibility index (Phi) is 6.68. The third kappa shape index (κ3) is 4.85. The molecule has 0 aromatic carbocycles. The first-order chi connectivity index (χ1) is 9.78. The molecular weight excluding hydrogens is 302 g/mol. The molecule has 2 aliphatic rings. The van der Waals surface area contributed by atoms with Crippen molar-refractivity contribution >= 4 is 24.2 Å². The van der Waals surface area contributed by atoms with Crippen LogP contribution in [0.25, 0.3) is 0 Å². The molecule has 2 heterocycles. The summed E-state index contributed by atoms with van der Waals surface area (Å²) >= 11 is 0. The predicted molar refractivity (Wildman–Crippen MR) is 89.8 cm³/mol. The minimum atomic E-state index is -0.259. The van der Waals surface area contributed by atoms with Crippen LogP contribution in [0.15, 0.2) is 0 Å². The van der Waals surface area contributed by atoms with Crippen LogP contribution in [0.4, 0.5) is 0 Å². The number of halogens is 1. The van der Waals surface area contributed by atoms with E-state index in [-0.39, 0.29) is 41.7 Å². The van der Waals surface area contributed by atoms with Crippen molar-refractivity contribution in [1.82, 2.24) is 9.80 Å². The molecular formula is C16H30ClN3O2. The molecule has 0 aromatic rings. The van der Waals surface area contributed by atoms with Gasteiger partial charge in [0.1, 0.15) is 6.04 Å². The average molecular weight is 332 g/mol. The van der Waals surface area contributed by atoms with Crippen LogP contribution in [0, 0.1) is 5.41 Å². The van der Waals surface area contributed by atoms with Crippen LogP contribution < -0.4 is 5.73 Å². The third-order valence-electron chi connectivity index (χ3n) is 4.31. The second kappa shape index (κ2) is 7.64. The molecule has 2 aliphatic heterocycles. The Morgan fingerprint density at radius 1 is 1.14 bits per heavy atom. The van der Waals surface area contributed by atoms with Gasteiger partial charge in [-0.15, -0.1) is 12.4 Å². The van der Waals surface area contributed by atoms with E-state index in [4.69, 9.17) is 5.73 Å². The number of nitrogens with two attached hydrogens (primary N) is 1. The van der Waals surface area contributed by atoms with Crippen molar-refractivity contribution in [2.45, 2.75) is 65.0 Å². The molecule has 0 radical (unpaired) electrons. The maximum atomic E-state index is 12.7. The molecule has 0 saturated carbocycles.